The Hall–Kier alpha value is -2.29. The molecule has 1 rings (SSSR count). The van der Waals surface area contributed by atoms with Crippen molar-refractivity contribution in [3.8, 4) is 0 Å². The Labute approximate surface area is 165 Å². The molecule has 2 amide bonds. The lowest BCUT2D eigenvalue weighted by Gasteiger charge is -2.19. The van der Waals surface area contributed by atoms with Crippen molar-refractivity contribution in [1.82, 2.24) is 21.3 Å². The second kappa shape index (κ2) is 12.2. The van der Waals surface area contributed by atoms with Crippen LogP contribution >= 0.6 is 11.3 Å². The lowest BCUT2D eigenvalue weighted by Crippen LogP contribution is -2.42. The number of thiophene rings is 1. The first-order valence-electron chi connectivity index (χ1n) is 9.12. The number of aliphatic imine (C=N–C) groups is 1. The van der Waals surface area contributed by atoms with E-state index in [1.807, 2.05) is 39.1 Å². The van der Waals surface area contributed by atoms with Gasteiger partial charge in [-0.15, -0.1) is 11.3 Å². The highest BCUT2D eigenvalue weighted by Crippen LogP contribution is 2.07. The molecule has 0 atom stereocenters. The van der Waals surface area contributed by atoms with Crippen LogP contribution in [0.15, 0.2) is 22.5 Å². The number of amides is 2. The van der Waals surface area contributed by atoms with E-state index in [0.717, 1.165) is 13.0 Å². The van der Waals surface area contributed by atoms with Gasteiger partial charge < -0.3 is 26.0 Å². The molecule has 4 N–H and O–H groups in total. The Kier molecular flexibility index (Phi) is 10.2. The van der Waals surface area contributed by atoms with Crippen molar-refractivity contribution in [1.29, 1.82) is 0 Å². The summed E-state index contributed by atoms with van der Waals surface area (Å²) in [5.74, 6) is 0.625. The monoisotopic (exact) mass is 397 g/mol. The molecule has 0 spiro atoms. The number of carbonyl (C=O) groups is 2. The fourth-order valence-electron chi connectivity index (χ4n) is 1.97. The Morgan fingerprint density at radius 1 is 1.11 bits per heavy atom. The molecule has 8 nitrogen and oxygen atoms in total. The molecule has 0 aliphatic rings. The Bertz CT molecular complexity index is 597. The number of nitrogens with one attached hydrogen (secondary N) is 4. The average molecular weight is 398 g/mol. The maximum absolute atomic E-state index is 11.8. The van der Waals surface area contributed by atoms with Crippen LogP contribution in [-0.4, -0.2) is 56.3 Å². The first-order valence-corrected chi connectivity index (χ1v) is 10.0. The number of guanidine groups is 1. The summed E-state index contributed by atoms with van der Waals surface area (Å²) >= 11 is 1.42. The van der Waals surface area contributed by atoms with E-state index >= 15 is 0 Å². The normalized spacial score (nSPS) is 11.6. The zero-order valence-corrected chi connectivity index (χ0v) is 17.4. The van der Waals surface area contributed by atoms with Crippen molar-refractivity contribution in [3.05, 3.63) is 22.4 Å². The van der Waals surface area contributed by atoms with E-state index in [0.29, 0.717) is 37.0 Å². The van der Waals surface area contributed by atoms with Crippen molar-refractivity contribution in [3.63, 3.8) is 0 Å². The molecule has 0 unspecified atom stereocenters. The summed E-state index contributed by atoms with van der Waals surface area (Å²) in [6.45, 7) is 10.3. The van der Waals surface area contributed by atoms with E-state index in [2.05, 4.69) is 26.3 Å². The molecular formula is C18H31N5O3S. The highest BCUT2D eigenvalue weighted by atomic mass is 32.1. The van der Waals surface area contributed by atoms with Crippen molar-refractivity contribution in [2.24, 2.45) is 4.99 Å². The summed E-state index contributed by atoms with van der Waals surface area (Å²) in [6, 6.07) is 3.66. The van der Waals surface area contributed by atoms with Crippen molar-refractivity contribution in [2.75, 3.05) is 32.7 Å². The zero-order valence-electron chi connectivity index (χ0n) is 16.6. The van der Waals surface area contributed by atoms with E-state index in [1.54, 1.807) is 6.07 Å². The standard InChI is InChI=1S/C18H31N5O3S/c1-5-19-16(22-11-12-23-17(25)26-18(2,3)4)21-10-7-9-20-15(24)14-8-6-13-27-14/h6,8,13H,5,7,9-12H2,1-4H3,(H,20,24)(H,23,25)(H2,19,21,22). The van der Waals surface area contributed by atoms with Crippen LogP contribution in [0.1, 0.15) is 43.8 Å². The first-order chi connectivity index (χ1) is 12.8. The van der Waals surface area contributed by atoms with Gasteiger partial charge in [0.2, 0.25) is 0 Å². The Morgan fingerprint density at radius 2 is 1.85 bits per heavy atom. The Balaban J connectivity index is 2.21. The molecule has 0 saturated heterocycles. The molecule has 0 bridgehead atoms. The van der Waals surface area contributed by atoms with Crippen molar-refractivity contribution < 1.29 is 14.3 Å². The van der Waals surface area contributed by atoms with Crippen LogP contribution in [-0.2, 0) is 4.74 Å². The smallest absolute Gasteiger partial charge is 0.407 e. The number of alkyl carbamates (subject to hydrolysis) is 1. The second-order valence-electron chi connectivity index (χ2n) is 6.70. The molecular weight excluding hydrogens is 366 g/mol. The third-order valence-corrected chi connectivity index (χ3v) is 3.93. The minimum Gasteiger partial charge on any atom is -0.444 e. The average Bonchev–Trinajstić information content (AvgIpc) is 3.11. The van der Waals surface area contributed by atoms with Gasteiger partial charge in [-0.1, -0.05) is 6.07 Å². The third kappa shape index (κ3) is 11.1. The summed E-state index contributed by atoms with van der Waals surface area (Å²) in [4.78, 5) is 28.6. The summed E-state index contributed by atoms with van der Waals surface area (Å²) < 4.78 is 5.17. The summed E-state index contributed by atoms with van der Waals surface area (Å²) in [5, 5.41) is 13.7. The van der Waals surface area contributed by atoms with Gasteiger partial charge in [-0.3, -0.25) is 9.79 Å². The highest BCUT2D eigenvalue weighted by molar-refractivity contribution is 7.12. The predicted molar refractivity (Wildman–Crippen MR) is 109 cm³/mol. The van der Waals surface area contributed by atoms with Gasteiger partial charge in [0.15, 0.2) is 5.96 Å². The van der Waals surface area contributed by atoms with Crippen molar-refractivity contribution in [2.45, 2.75) is 39.7 Å². The number of carbonyl (C=O) groups excluding carboxylic acids is 2. The van der Waals surface area contributed by atoms with E-state index in [1.165, 1.54) is 11.3 Å². The quantitative estimate of drug-likeness (QED) is 0.290. The van der Waals surface area contributed by atoms with Crippen molar-refractivity contribution >= 4 is 29.3 Å². The van der Waals surface area contributed by atoms with Gasteiger partial charge in [-0.2, -0.15) is 0 Å². The number of ether oxygens (including phenoxy) is 1. The molecule has 0 saturated carbocycles. The minimum atomic E-state index is -0.507. The van der Waals surface area contributed by atoms with E-state index in [4.69, 9.17) is 4.74 Å². The number of hydrogen-bond donors (Lipinski definition) is 4. The molecule has 0 radical (unpaired) electrons. The SMILES string of the molecule is CCNC(=NCCCNC(=O)c1cccs1)NCCNC(=O)OC(C)(C)C. The summed E-state index contributed by atoms with van der Waals surface area (Å²) in [6.07, 6.45) is 0.303. The molecule has 1 aromatic rings. The lowest BCUT2D eigenvalue weighted by molar-refractivity contribution is 0.0528. The second-order valence-corrected chi connectivity index (χ2v) is 7.65. The molecule has 27 heavy (non-hydrogen) atoms. The molecule has 1 heterocycles. The van der Waals surface area contributed by atoms with Gasteiger partial charge >= 0.3 is 6.09 Å². The van der Waals surface area contributed by atoms with Crippen LogP contribution in [0.3, 0.4) is 0 Å². The van der Waals surface area contributed by atoms with Crippen LogP contribution in [0, 0.1) is 0 Å². The summed E-state index contributed by atoms with van der Waals surface area (Å²) in [5.41, 5.74) is -0.507. The van der Waals surface area contributed by atoms with Crippen LogP contribution in [0.4, 0.5) is 4.79 Å². The molecule has 0 aromatic carbocycles. The molecule has 0 aliphatic heterocycles. The molecule has 9 heteroatoms. The maximum Gasteiger partial charge on any atom is 0.407 e. The van der Waals surface area contributed by atoms with Crippen LogP contribution in [0.2, 0.25) is 0 Å². The van der Waals surface area contributed by atoms with Gasteiger partial charge in [0.05, 0.1) is 4.88 Å². The van der Waals surface area contributed by atoms with Crippen LogP contribution in [0.25, 0.3) is 0 Å². The van der Waals surface area contributed by atoms with Crippen LogP contribution in [0.5, 0.6) is 0 Å². The predicted octanol–water partition coefficient (Wildman–Crippen LogP) is 1.95. The number of rotatable bonds is 9. The van der Waals surface area contributed by atoms with Gasteiger partial charge in [0, 0.05) is 32.7 Å². The lowest BCUT2D eigenvalue weighted by atomic mass is 10.2. The maximum atomic E-state index is 11.8. The number of nitrogens with zero attached hydrogens (tertiary/aromatic N) is 1. The highest BCUT2D eigenvalue weighted by Gasteiger charge is 2.15. The van der Waals surface area contributed by atoms with E-state index in [-0.39, 0.29) is 5.91 Å². The summed E-state index contributed by atoms with van der Waals surface area (Å²) in [7, 11) is 0. The zero-order chi connectivity index (χ0) is 20.1. The fraction of sp³-hybridized carbons (Fsp3) is 0.611. The van der Waals surface area contributed by atoms with Gasteiger partial charge in [-0.05, 0) is 45.6 Å². The molecule has 1 aromatic heterocycles. The van der Waals surface area contributed by atoms with Gasteiger partial charge in [0.1, 0.15) is 5.60 Å². The molecule has 152 valence electrons. The Morgan fingerprint density at radius 3 is 2.48 bits per heavy atom. The number of hydrogen-bond acceptors (Lipinski definition) is 5. The minimum absolute atomic E-state index is 0.0489. The molecule has 0 aliphatic carbocycles. The van der Waals surface area contributed by atoms with Gasteiger partial charge in [0.25, 0.3) is 5.91 Å². The largest absolute Gasteiger partial charge is 0.444 e. The van der Waals surface area contributed by atoms with E-state index in [9.17, 15) is 9.59 Å². The van der Waals surface area contributed by atoms with Gasteiger partial charge in [-0.25, -0.2) is 4.79 Å². The third-order valence-electron chi connectivity index (χ3n) is 3.07. The fourth-order valence-corrected chi connectivity index (χ4v) is 2.61. The van der Waals surface area contributed by atoms with E-state index < -0.39 is 11.7 Å². The topological polar surface area (TPSA) is 104 Å². The first kappa shape index (κ1) is 22.8. The van der Waals surface area contributed by atoms with Crippen LogP contribution < -0.4 is 21.3 Å². The molecule has 0 fully saturated rings.